The third-order valence-electron chi connectivity index (χ3n) is 4.04. The molecule has 0 saturated heterocycles. The molecule has 0 spiro atoms. The highest BCUT2D eigenvalue weighted by Crippen LogP contribution is 2.33. The molecule has 0 aliphatic carbocycles. The number of allylic oxidation sites excluding steroid dienone is 1. The van der Waals surface area contributed by atoms with Crippen molar-refractivity contribution in [2.45, 2.75) is 12.8 Å². The van der Waals surface area contributed by atoms with Crippen LogP contribution in [0.5, 0.6) is 0 Å². The molecule has 2 aromatic carbocycles. The second-order valence-corrected chi connectivity index (χ2v) is 6.49. The molecule has 0 bridgehead atoms. The normalized spacial score (nSPS) is 14.8. The number of aryl methyl sites for hydroxylation is 1. The molecule has 0 fully saturated rings. The first-order valence-corrected chi connectivity index (χ1v) is 8.22. The van der Waals surface area contributed by atoms with Crippen LogP contribution in [0.2, 0.25) is 0 Å². The Morgan fingerprint density at radius 2 is 1.48 bits per heavy atom. The van der Waals surface area contributed by atoms with Crippen molar-refractivity contribution in [2.24, 2.45) is 0 Å². The van der Waals surface area contributed by atoms with Gasteiger partial charge >= 0.3 is 0 Å². The van der Waals surface area contributed by atoms with Gasteiger partial charge in [-0.1, -0.05) is 28.1 Å². The lowest BCUT2D eigenvalue weighted by atomic mass is 10.1. The average Bonchev–Trinajstić information content (AvgIpc) is 2.82. The van der Waals surface area contributed by atoms with E-state index in [0.29, 0.717) is 0 Å². The predicted octanol–water partition coefficient (Wildman–Crippen LogP) is 4.87. The highest BCUT2D eigenvalue weighted by molar-refractivity contribution is 9.11. The number of hydrogen-bond acceptors (Lipinski definition) is 2. The topological polar surface area (TPSA) is 6.48 Å². The lowest BCUT2D eigenvalue weighted by Crippen LogP contribution is -2.34. The fourth-order valence-corrected chi connectivity index (χ4v) is 3.43. The Hall–Kier alpha value is -1.88. The summed E-state index contributed by atoms with van der Waals surface area (Å²) in [6, 6.07) is 13.1. The highest BCUT2D eigenvalue weighted by Gasteiger charge is 2.25. The second-order valence-electron chi connectivity index (χ2n) is 5.54. The van der Waals surface area contributed by atoms with Crippen LogP contribution in [0.4, 0.5) is 14.5 Å². The standard InChI is InChI=1S/C18H17BrF2N2/c1-22-18(11-4-13-2-5-14(20)6-3-13)17(19)12-23(22)16-9-7-15(21)8-10-16/h2-3,5-10H,4,11-12H2,1H3. The van der Waals surface area contributed by atoms with Crippen molar-refractivity contribution >= 4 is 21.6 Å². The molecule has 2 nitrogen and oxygen atoms in total. The minimum absolute atomic E-state index is 0.213. The predicted molar refractivity (Wildman–Crippen MR) is 92.2 cm³/mol. The van der Waals surface area contributed by atoms with Gasteiger partial charge in [0.25, 0.3) is 0 Å². The van der Waals surface area contributed by atoms with Crippen molar-refractivity contribution in [2.75, 3.05) is 18.6 Å². The number of hydrazine groups is 1. The van der Waals surface area contributed by atoms with Crippen LogP contribution in [0.3, 0.4) is 0 Å². The minimum Gasteiger partial charge on any atom is -0.291 e. The monoisotopic (exact) mass is 378 g/mol. The summed E-state index contributed by atoms with van der Waals surface area (Å²) in [5.41, 5.74) is 3.23. The first-order chi connectivity index (χ1) is 11.0. The van der Waals surface area contributed by atoms with E-state index in [1.54, 1.807) is 12.1 Å². The Kier molecular flexibility index (Phi) is 4.66. The molecule has 0 aromatic heterocycles. The zero-order valence-corrected chi connectivity index (χ0v) is 14.4. The van der Waals surface area contributed by atoms with Crippen molar-refractivity contribution in [3.05, 3.63) is 75.9 Å². The molecule has 120 valence electrons. The fourth-order valence-electron chi connectivity index (χ4n) is 2.74. The molecular weight excluding hydrogens is 362 g/mol. The third-order valence-corrected chi connectivity index (χ3v) is 4.75. The van der Waals surface area contributed by atoms with E-state index in [0.717, 1.165) is 35.1 Å². The smallest absolute Gasteiger partial charge is 0.123 e. The van der Waals surface area contributed by atoms with Gasteiger partial charge in [-0.25, -0.2) is 8.78 Å². The Morgan fingerprint density at radius 1 is 0.913 bits per heavy atom. The van der Waals surface area contributed by atoms with Gasteiger partial charge in [-0.05, 0) is 54.8 Å². The van der Waals surface area contributed by atoms with Crippen LogP contribution in [-0.2, 0) is 6.42 Å². The lowest BCUT2D eigenvalue weighted by Gasteiger charge is -2.30. The van der Waals surface area contributed by atoms with E-state index in [-0.39, 0.29) is 11.6 Å². The second kappa shape index (κ2) is 6.71. The summed E-state index contributed by atoms with van der Waals surface area (Å²) in [6.07, 6.45) is 1.69. The van der Waals surface area contributed by atoms with Gasteiger partial charge in [0, 0.05) is 17.2 Å². The van der Waals surface area contributed by atoms with Crippen molar-refractivity contribution < 1.29 is 8.78 Å². The van der Waals surface area contributed by atoms with Crippen molar-refractivity contribution in [3.8, 4) is 0 Å². The number of rotatable bonds is 4. The molecule has 0 saturated carbocycles. The molecule has 3 rings (SSSR count). The number of nitrogens with zero attached hydrogens (tertiary/aromatic N) is 2. The summed E-state index contributed by atoms with van der Waals surface area (Å²) in [5.74, 6) is -0.450. The number of anilines is 1. The third kappa shape index (κ3) is 3.55. The quantitative estimate of drug-likeness (QED) is 0.748. The molecule has 0 radical (unpaired) electrons. The van der Waals surface area contributed by atoms with E-state index in [1.807, 2.05) is 19.2 Å². The SMILES string of the molecule is CN1C(CCc2ccc(F)cc2)=C(Br)CN1c1ccc(F)cc1. The van der Waals surface area contributed by atoms with Crippen molar-refractivity contribution in [3.63, 3.8) is 0 Å². The molecule has 2 aromatic rings. The van der Waals surface area contributed by atoms with Crippen molar-refractivity contribution in [1.29, 1.82) is 0 Å². The van der Waals surface area contributed by atoms with Gasteiger partial charge in [0.15, 0.2) is 0 Å². The summed E-state index contributed by atoms with van der Waals surface area (Å²) in [7, 11) is 2.00. The van der Waals surface area contributed by atoms with E-state index in [2.05, 4.69) is 25.9 Å². The Bertz CT molecular complexity index is 711. The lowest BCUT2D eigenvalue weighted by molar-refractivity contribution is 0.406. The highest BCUT2D eigenvalue weighted by atomic mass is 79.9. The molecular formula is C18H17BrF2N2. The summed E-state index contributed by atoms with van der Waals surface area (Å²) in [6.45, 7) is 0.723. The van der Waals surface area contributed by atoms with E-state index >= 15 is 0 Å². The number of hydrogen-bond donors (Lipinski definition) is 0. The van der Waals surface area contributed by atoms with Gasteiger partial charge in [0.2, 0.25) is 0 Å². The molecule has 0 N–H and O–H groups in total. The summed E-state index contributed by atoms with van der Waals surface area (Å²) in [4.78, 5) is 0. The fraction of sp³-hybridized carbons (Fsp3) is 0.222. The molecule has 23 heavy (non-hydrogen) atoms. The van der Waals surface area contributed by atoms with Crippen LogP contribution in [-0.4, -0.2) is 18.6 Å². The first kappa shape index (κ1) is 16.0. The zero-order chi connectivity index (χ0) is 16.4. The molecule has 5 heteroatoms. The van der Waals surface area contributed by atoms with E-state index in [1.165, 1.54) is 30.0 Å². The van der Waals surface area contributed by atoms with Crippen LogP contribution < -0.4 is 5.01 Å². The van der Waals surface area contributed by atoms with Gasteiger partial charge in [0.05, 0.1) is 12.2 Å². The molecule has 1 aliphatic heterocycles. The molecule has 0 unspecified atom stereocenters. The zero-order valence-electron chi connectivity index (χ0n) is 12.8. The minimum atomic E-state index is -0.237. The maximum atomic E-state index is 13.1. The summed E-state index contributed by atoms with van der Waals surface area (Å²) >= 11 is 3.64. The molecule has 1 heterocycles. The number of benzene rings is 2. The van der Waals surface area contributed by atoms with Crippen LogP contribution in [0.25, 0.3) is 0 Å². The Morgan fingerprint density at radius 3 is 2.09 bits per heavy atom. The Balaban J connectivity index is 1.69. The van der Waals surface area contributed by atoms with Crippen molar-refractivity contribution in [1.82, 2.24) is 5.01 Å². The largest absolute Gasteiger partial charge is 0.291 e. The van der Waals surface area contributed by atoms with Gasteiger partial charge in [-0.15, -0.1) is 0 Å². The maximum absolute atomic E-state index is 13.1. The van der Waals surface area contributed by atoms with Crippen LogP contribution in [0.15, 0.2) is 58.7 Å². The number of halogens is 3. The van der Waals surface area contributed by atoms with Crippen LogP contribution in [0.1, 0.15) is 12.0 Å². The van der Waals surface area contributed by atoms with E-state index in [4.69, 9.17) is 0 Å². The van der Waals surface area contributed by atoms with Crippen LogP contribution in [0, 0.1) is 11.6 Å². The Labute approximate surface area is 143 Å². The van der Waals surface area contributed by atoms with Crippen LogP contribution >= 0.6 is 15.9 Å². The average molecular weight is 379 g/mol. The molecule has 1 aliphatic rings. The van der Waals surface area contributed by atoms with Gasteiger partial charge < -0.3 is 0 Å². The molecule has 0 atom stereocenters. The summed E-state index contributed by atoms with van der Waals surface area (Å²) in [5, 5.41) is 4.17. The maximum Gasteiger partial charge on any atom is 0.123 e. The van der Waals surface area contributed by atoms with Gasteiger partial charge in [0.1, 0.15) is 11.6 Å². The van der Waals surface area contributed by atoms with Gasteiger partial charge in [-0.3, -0.25) is 10.0 Å². The first-order valence-electron chi connectivity index (χ1n) is 7.43. The summed E-state index contributed by atoms with van der Waals surface area (Å²) < 4.78 is 27.2. The molecule has 0 amide bonds. The van der Waals surface area contributed by atoms with E-state index < -0.39 is 0 Å². The van der Waals surface area contributed by atoms with Gasteiger partial charge in [-0.2, -0.15) is 0 Å². The van der Waals surface area contributed by atoms with E-state index in [9.17, 15) is 8.78 Å².